The molecule has 3 rings (SSSR count). The molecule has 0 unspecified atom stereocenters. The van der Waals surface area contributed by atoms with Crippen molar-refractivity contribution in [1.82, 2.24) is 4.72 Å². The van der Waals surface area contributed by atoms with E-state index in [-0.39, 0.29) is 0 Å². The van der Waals surface area contributed by atoms with Gasteiger partial charge < -0.3 is 0 Å². The molecule has 3 atom stereocenters. The summed E-state index contributed by atoms with van der Waals surface area (Å²) in [5.41, 5.74) is 0. The van der Waals surface area contributed by atoms with Crippen LogP contribution in [0.3, 0.4) is 0 Å². The second-order valence-corrected chi connectivity index (χ2v) is 6.97. The van der Waals surface area contributed by atoms with E-state index in [1.54, 1.807) is 24.3 Å². The number of hydrogen-bond acceptors (Lipinski definition) is 2. The second-order valence-electron chi connectivity index (χ2n) is 5.21. The van der Waals surface area contributed by atoms with Gasteiger partial charge in [0.1, 0.15) is 0 Å². The minimum atomic E-state index is -3.34. The number of benzene rings is 1. The molecule has 0 aromatic heterocycles. The van der Waals surface area contributed by atoms with E-state index in [1.807, 2.05) is 6.07 Å². The lowest BCUT2D eigenvalue weighted by Crippen LogP contribution is -2.31. The van der Waals surface area contributed by atoms with Crippen LogP contribution in [0.5, 0.6) is 0 Å². The van der Waals surface area contributed by atoms with Crippen molar-refractivity contribution in [3.63, 3.8) is 0 Å². The van der Waals surface area contributed by atoms with Gasteiger partial charge in [-0.15, -0.1) is 0 Å². The topological polar surface area (TPSA) is 46.2 Å². The first-order chi connectivity index (χ1) is 8.65. The molecular weight excluding hydrogens is 246 g/mol. The molecule has 0 aliphatic heterocycles. The molecule has 0 saturated heterocycles. The summed E-state index contributed by atoms with van der Waals surface area (Å²) in [5, 5.41) is 0. The van der Waals surface area contributed by atoms with Gasteiger partial charge >= 0.3 is 0 Å². The maximum atomic E-state index is 12.1. The fraction of sp³-hybridized carbons (Fsp3) is 0.429. The predicted molar refractivity (Wildman–Crippen MR) is 70.5 cm³/mol. The highest BCUT2D eigenvalue weighted by molar-refractivity contribution is 7.89. The zero-order valence-corrected chi connectivity index (χ0v) is 10.9. The van der Waals surface area contributed by atoms with Crippen LogP contribution < -0.4 is 4.72 Å². The van der Waals surface area contributed by atoms with E-state index >= 15 is 0 Å². The molecule has 1 N–H and O–H groups in total. The van der Waals surface area contributed by atoms with Crippen LogP contribution in [0.15, 0.2) is 47.4 Å². The Balaban J connectivity index is 1.65. The first-order valence-corrected chi connectivity index (χ1v) is 7.86. The quantitative estimate of drug-likeness (QED) is 0.846. The van der Waals surface area contributed by atoms with E-state index < -0.39 is 10.0 Å². The summed E-state index contributed by atoms with van der Waals surface area (Å²) >= 11 is 0. The van der Waals surface area contributed by atoms with Crippen LogP contribution >= 0.6 is 0 Å². The Hall–Kier alpha value is -1.13. The lowest BCUT2D eigenvalue weighted by Gasteiger charge is -2.18. The van der Waals surface area contributed by atoms with Crippen molar-refractivity contribution in [3.8, 4) is 0 Å². The van der Waals surface area contributed by atoms with Crippen molar-refractivity contribution in [2.24, 2.45) is 17.8 Å². The normalized spacial score (nSPS) is 29.9. The molecule has 0 spiro atoms. The molecule has 0 heterocycles. The van der Waals surface area contributed by atoms with Crippen LogP contribution in [0.4, 0.5) is 0 Å². The fourth-order valence-electron chi connectivity index (χ4n) is 3.03. The van der Waals surface area contributed by atoms with E-state index in [1.165, 1.54) is 6.42 Å². The number of fused-ring (bicyclic) bond motifs is 2. The number of rotatable bonds is 4. The molecule has 2 aliphatic carbocycles. The van der Waals surface area contributed by atoms with Gasteiger partial charge in [-0.05, 0) is 42.7 Å². The van der Waals surface area contributed by atoms with Crippen LogP contribution in [-0.2, 0) is 10.0 Å². The largest absolute Gasteiger partial charge is 0.240 e. The fourth-order valence-corrected chi connectivity index (χ4v) is 4.14. The van der Waals surface area contributed by atoms with Crippen molar-refractivity contribution >= 4 is 10.0 Å². The molecule has 2 bridgehead atoms. The van der Waals surface area contributed by atoms with Gasteiger partial charge in [0, 0.05) is 6.54 Å². The Morgan fingerprint density at radius 2 is 1.89 bits per heavy atom. The van der Waals surface area contributed by atoms with Crippen LogP contribution in [0.2, 0.25) is 0 Å². The highest BCUT2D eigenvalue weighted by Crippen LogP contribution is 2.43. The maximum absolute atomic E-state index is 12.1. The molecule has 3 nitrogen and oxygen atoms in total. The second kappa shape index (κ2) is 4.52. The Morgan fingerprint density at radius 1 is 1.11 bits per heavy atom. The van der Waals surface area contributed by atoms with Gasteiger partial charge in [0.15, 0.2) is 0 Å². The summed E-state index contributed by atoms with van der Waals surface area (Å²) in [4.78, 5) is 0.351. The minimum Gasteiger partial charge on any atom is -0.211 e. The average Bonchev–Trinajstić information content (AvgIpc) is 3.00. The van der Waals surface area contributed by atoms with Gasteiger partial charge in [-0.3, -0.25) is 0 Å². The van der Waals surface area contributed by atoms with Gasteiger partial charge in [0.05, 0.1) is 4.90 Å². The zero-order valence-electron chi connectivity index (χ0n) is 10.1. The SMILES string of the molecule is O=S(=O)(NC[C@@H]1C[C@H]2C=C[C@H]1C2)c1ccccc1. The van der Waals surface area contributed by atoms with Crippen LogP contribution in [0.25, 0.3) is 0 Å². The van der Waals surface area contributed by atoms with Crippen molar-refractivity contribution < 1.29 is 8.42 Å². The monoisotopic (exact) mass is 263 g/mol. The lowest BCUT2D eigenvalue weighted by molar-refractivity contribution is 0.440. The van der Waals surface area contributed by atoms with Crippen LogP contribution in [0, 0.1) is 17.8 Å². The van der Waals surface area contributed by atoms with Gasteiger partial charge in [-0.1, -0.05) is 30.4 Å². The molecule has 4 heteroatoms. The first-order valence-electron chi connectivity index (χ1n) is 6.38. The average molecular weight is 263 g/mol. The third-order valence-corrected chi connectivity index (χ3v) is 5.44. The molecule has 96 valence electrons. The molecule has 2 aliphatic rings. The van der Waals surface area contributed by atoms with Gasteiger partial charge in [0.2, 0.25) is 10.0 Å². The molecule has 18 heavy (non-hydrogen) atoms. The Labute approximate surface area is 108 Å². The third kappa shape index (κ3) is 2.22. The number of hydrogen-bond donors (Lipinski definition) is 1. The Morgan fingerprint density at radius 3 is 2.50 bits per heavy atom. The smallest absolute Gasteiger partial charge is 0.211 e. The summed E-state index contributed by atoms with van der Waals surface area (Å²) in [5.74, 6) is 1.73. The first kappa shape index (κ1) is 11.9. The van der Waals surface area contributed by atoms with E-state index in [0.717, 1.165) is 6.42 Å². The summed E-state index contributed by atoms with van der Waals surface area (Å²) in [6, 6.07) is 8.56. The highest BCUT2D eigenvalue weighted by atomic mass is 32.2. The van der Waals surface area contributed by atoms with E-state index in [2.05, 4.69) is 16.9 Å². The molecule has 0 radical (unpaired) electrons. The number of sulfonamides is 1. The van der Waals surface area contributed by atoms with Crippen LogP contribution in [0.1, 0.15) is 12.8 Å². The molecular formula is C14H17NO2S. The lowest BCUT2D eigenvalue weighted by atomic mass is 9.94. The summed E-state index contributed by atoms with van der Waals surface area (Å²) in [6.07, 6.45) is 6.85. The van der Waals surface area contributed by atoms with E-state index in [9.17, 15) is 8.42 Å². The Kier molecular flexibility index (Phi) is 2.99. The molecule has 1 saturated carbocycles. The summed E-state index contributed by atoms with van der Waals surface area (Å²) in [6.45, 7) is 0.558. The van der Waals surface area contributed by atoms with Crippen molar-refractivity contribution in [3.05, 3.63) is 42.5 Å². The molecule has 1 aromatic carbocycles. The highest BCUT2D eigenvalue weighted by Gasteiger charge is 2.35. The maximum Gasteiger partial charge on any atom is 0.240 e. The Bertz CT molecular complexity index is 550. The van der Waals surface area contributed by atoms with Crippen molar-refractivity contribution in [1.29, 1.82) is 0 Å². The molecule has 0 amide bonds. The predicted octanol–water partition coefficient (Wildman–Crippen LogP) is 2.18. The van der Waals surface area contributed by atoms with Crippen molar-refractivity contribution in [2.45, 2.75) is 17.7 Å². The summed E-state index contributed by atoms with van der Waals surface area (Å²) < 4.78 is 26.9. The number of nitrogens with one attached hydrogen (secondary N) is 1. The summed E-state index contributed by atoms with van der Waals surface area (Å²) in [7, 11) is -3.34. The van der Waals surface area contributed by atoms with Gasteiger partial charge in [-0.2, -0.15) is 0 Å². The zero-order chi connectivity index (χ0) is 12.6. The minimum absolute atomic E-state index is 0.351. The third-order valence-electron chi connectivity index (χ3n) is 4.01. The molecule has 1 fully saturated rings. The van der Waals surface area contributed by atoms with E-state index in [4.69, 9.17) is 0 Å². The van der Waals surface area contributed by atoms with Gasteiger partial charge in [-0.25, -0.2) is 13.1 Å². The molecule has 1 aromatic rings. The standard InChI is InChI=1S/C14H17NO2S/c16-18(17,14-4-2-1-3-5-14)15-10-13-9-11-6-7-12(13)8-11/h1-7,11-13,15H,8-10H2/t11-,12-,13-/m0/s1. The number of allylic oxidation sites excluding steroid dienone is 2. The van der Waals surface area contributed by atoms with Gasteiger partial charge in [0.25, 0.3) is 0 Å². The van der Waals surface area contributed by atoms with Crippen LogP contribution in [-0.4, -0.2) is 15.0 Å². The van der Waals surface area contributed by atoms with Crippen molar-refractivity contribution in [2.75, 3.05) is 6.54 Å². The van der Waals surface area contributed by atoms with E-state index in [0.29, 0.717) is 29.2 Å².